The number of hydrogen-bond donors (Lipinski definition) is 3. The predicted molar refractivity (Wildman–Crippen MR) is 72.3 cm³/mol. The zero-order valence-electron chi connectivity index (χ0n) is 11.3. The largest absolute Gasteiger partial charge is 0.394 e. The lowest BCUT2D eigenvalue weighted by atomic mass is 10.0. The first-order valence-corrected chi connectivity index (χ1v) is 6.33. The Hall–Kier alpha value is -1.89. The van der Waals surface area contributed by atoms with Crippen molar-refractivity contribution in [1.29, 1.82) is 0 Å². The molecule has 2 heterocycles. The van der Waals surface area contributed by atoms with E-state index in [-0.39, 0.29) is 18.3 Å². The lowest BCUT2D eigenvalue weighted by molar-refractivity contribution is 0.259. The van der Waals surface area contributed by atoms with Gasteiger partial charge in [-0.2, -0.15) is 5.10 Å². The summed E-state index contributed by atoms with van der Waals surface area (Å²) in [7, 11) is 0. The molecular formula is C12H19N5O2. The molecule has 3 N–H and O–H groups in total. The van der Waals surface area contributed by atoms with Gasteiger partial charge in [-0.1, -0.05) is 13.8 Å². The second kappa shape index (κ2) is 5.40. The SMILES string of the molecule is Cc1nc(NC(CO)CC(C)C)cc2n[nH]c(=O)n12. The molecule has 2 aromatic rings. The van der Waals surface area contributed by atoms with Gasteiger partial charge >= 0.3 is 5.69 Å². The van der Waals surface area contributed by atoms with Crippen LogP contribution in [0.3, 0.4) is 0 Å². The Morgan fingerprint density at radius 2 is 2.26 bits per heavy atom. The van der Waals surface area contributed by atoms with E-state index >= 15 is 0 Å². The lowest BCUT2D eigenvalue weighted by Gasteiger charge is -2.19. The van der Waals surface area contributed by atoms with E-state index in [1.807, 2.05) is 0 Å². The first-order chi connectivity index (χ1) is 9.01. The third-order valence-corrected chi connectivity index (χ3v) is 2.90. The highest BCUT2D eigenvalue weighted by Crippen LogP contribution is 2.13. The molecule has 1 atom stereocenters. The Kier molecular flexibility index (Phi) is 3.84. The van der Waals surface area contributed by atoms with Crippen LogP contribution in [0.2, 0.25) is 0 Å². The first-order valence-electron chi connectivity index (χ1n) is 6.33. The van der Waals surface area contributed by atoms with Gasteiger partial charge in [-0.15, -0.1) is 0 Å². The molecule has 0 fully saturated rings. The standard InChI is InChI=1S/C12H19N5O2/c1-7(2)4-9(6-18)14-10-5-11-15-16-12(19)17(11)8(3)13-10/h5,7,9,14,18H,4,6H2,1-3H3,(H,16,19). The molecule has 0 spiro atoms. The van der Waals surface area contributed by atoms with Crippen LogP contribution in [-0.4, -0.2) is 37.3 Å². The van der Waals surface area contributed by atoms with Crippen molar-refractivity contribution in [3.63, 3.8) is 0 Å². The molecule has 7 heteroatoms. The number of aromatic amines is 1. The molecule has 0 aliphatic carbocycles. The second-order valence-corrected chi connectivity index (χ2v) is 5.06. The maximum Gasteiger partial charge on any atom is 0.349 e. The van der Waals surface area contributed by atoms with Crippen molar-refractivity contribution in [2.24, 2.45) is 5.92 Å². The van der Waals surface area contributed by atoms with Crippen molar-refractivity contribution in [2.45, 2.75) is 33.2 Å². The van der Waals surface area contributed by atoms with Gasteiger partial charge in [0.15, 0.2) is 5.65 Å². The number of rotatable bonds is 5. The van der Waals surface area contributed by atoms with E-state index in [0.717, 1.165) is 6.42 Å². The summed E-state index contributed by atoms with van der Waals surface area (Å²) >= 11 is 0. The Labute approximate surface area is 110 Å². The highest BCUT2D eigenvalue weighted by molar-refractivity contribution is 5.50. The van der Waals surface area contributed by atoms with Gasteiger partial charge in [0, 0.05) is 6.07 Å². The topological polar surface area (TPSA) is 95.3 Å². The first kappa shape index (κ1) is 13.5. The zero-order chi connectivity index (χ0) is 14.0. The van der Waals surface area contributed by atoms with Crippen molar-refractivity contribution < 1.29 is 5.11 Å². The second-order valence-electron chi connectivity index (χ2n) is 5.06. The van der Waals surface area contributed by atoms with Crippen LogP contribution < -0.4 is 11.0 Å². The monoisotopic (exact) mass is 265 g/mol. The number of aromatic nitrogens is 4. The number of anilines is 1. The number of aliphatic hydroxyl groups excluding tert-OH is 1. The maximum absolute atomic E-state index is 11.5. The van der Waals surface area contributed by atoms with Gasteiger partial charge in [-0.25, -0.2) is 19.3 Å². The van der Waals surface area contributed by atoms with E-state index in [2.05, 4.69) is 34.3 Å². The maximum atomic E-state index is 11.5. The average molecular weight is 265 g/mol. The molecule has 2 aromatic heterocycles. The van der Waals surface area contributed by atoms with Gasteiger partial charge in [0.05, 0.1) is 12.6 Å². The number of nitrogens with zero attached hydrogens (tertiary/aromatic N) is 3. The molecular weight excluding hydrogens is 246 g/mol. The minimum Gasteiger partial charge on any atom is -0.394 e. The average Bonchev–Trinajstić information content (AvgIpc) is 2.70. The van der Waals surface area contributed by atoms with E-state index in [9.17, 15) is 9.90 Å². The zero-order valence-corrected chi connectivity index (χ0v) is 11.3. The van der Waals surface area contributed by atoms with E-state index in [1.54, 1.807) is 13.0 Å². The molecule has 104 valence electrons. The summed E-state index contributed by atoms with van der Waals surface area (Å²) in [6, 6.07) is 1.63. The Morgan fingerprint density at radius 1 is 1.53 bits per heavy atom. The summed E-state index contributed by atoms with van der Waals surface area (Å²) < 4.78 is 1.40. The normalized spacial score (nSPS) is 13.1. The summed E-state index contributed by atoms with van der Waals surface area (Å²) in [6.45, 7) is 5.97. The number of nitrogens with one attached hydrogen (secondary N) is 2. The number of aliphatic hydroxyl groups is 1. The van der Waals surface area contributed by atoms with Crippen LogP contribution in [0.5, 0.6) is 0 Å². The van der Waals surface area contributed by atoms with Gasteiger partial charge in [0.2, 0.25) is 0 Å². The number of aryl methyl sites for hydroxylation is 1. The molecule has 2 rings (SSSR count). The number of H-pyrrole nitrogens is 1. The summed E-state index contributed by atoms with van der Waals surface area (Å²) in [5.41, 5.74) is 0.216. The Balaban J connectivity index is 2.28. The number of hydrogen-bond acceptors (Lipinski definition) is 5. The van der Waals surface area contributed by atoms with Crippen LogP contribution in [-0.2, 0) is 0 Å². The molecule has 0 aliphatic heterocycles. The van der Waals surface area contributed by atoms with E-state index in [4.69, 9.17) is 0 Å². The predicted octanol–water partition coefficient (Wildman–Crippen LogP) is 0.545. The van der Waals surface area contributed by atoms with Gasteiger partial charge in [-0.05, 0) is 19.3 Å². The van der Waals surface area contributed by atoms with Gasteiger partial charge in [0.25, 0.3) is 0 Å². The molecule has 0 aromatic carbocycles. The summed E-state index contributed by atoms with van der Waals surface area (Å²) in [4.78, 5) is 15.8. The molecule has 0 saturated heterocycles. The quantitative estimate of drug-likeness (QED) is 0.733. The van der Waals surface area contributed by atoms with Crippen molar-refractivity contribution in [2.75, 3.05) is 11.9 Å². The molecule has 0 radical (unpaired) electrons. The molecule has 7 nitrogen and oxygen atoms in total. The van der Waals surface area contributed by atoms with E-state index in [0.29, 0.717) is 23.2 Å². The van der Waals surface area contributed by atoms with E-state index in [1.165, 1.54) is 4.40 Å². The molecule has 0 bridgehead atoms. The molecule has 0 amide bonds. The van der Waals surface area contributed by atoms with Crippen LogP contribution in [0, 0.1) is 12.8 Å². The third-order valence-electron chi connectivity index (χ3n) is 2.90. The minimum atomic E-state index is -0.299. The van der Waals surface area contributed by atoms with Crippen molar-refractivity contribution in [3.05, 3.63) is 22.4 Å². The van der Waals surface area contributed by atoms with Crippen LogP contribution in [0.15, 0.2) is 10.9 Å². The smallest absolute Gasteiger partial charge is 0.349 e. The molecule has 1 unspecified atom stereocenters. The van der Waals surface area contributed by atoms with Crippen LogP contribution >= 0.6 is 0 Å². The minimum absolute atomic E-state index is 0.0391. The van der Waals surface area contributed by atoms with Crippen molar-refractivity contribution >= 4 is 11.5 Å². The van der Waals surface area contributed by atoms with Gasteiger partial charge in [0.1, 0.15) is 11.6 Å². The fourth-order valence-corrected chi connectivity index (χ4v) is 2.13. The van der Waals surface area contributed by atoms with Crippen LogP contribution in [0.4, 0.5) is 5.82 Å². The lowest BCUT2D eigenvalue weighted by Crippen LogP contribution is -2.26. The fraction of sp³-hybridized carbons (Fsp3) is 0.583. The molecule has 0 aliphatic rings. The van der Waals surface area contributed by atoms with Gasteiger partial charge < -0.3 is 10.4 Å². The van der Waals surface area contributed by atoms with Crippen molar-refractivity contribution in [3.8, 4) is 0 Å². The summed E-state index contributed by atoms with van der Waals surface area (Å²) in [5.74, 6) is 1.64. The summed E-state index contributed by atoms with van der Waals surface area (Å²) in [6.07, 6.45) is 0.843. The van der Waals surface area contributed by atoms with Crippen LogP contribution in [0.1, 0.15) is 26.1 Å². The van der Waals surface area contributed by atoms with Crippen molar-refractivity contribution in [1.82, 2.24) is 19.6 Å². The Bertz CT molecular complexity index is 616. The third kappa shape index (κ3) is 2.93. The van der Waals surface area contributed by atoms with Crippen LogP contribution in [0.25, 0.3) is 5.65 Å². The summed E-state index contributed by atoms with van der Waals surface area (Å²) in [5, 5.41) is 18.8. The van der Waals surface area contributed by atoms with Gasteiger partial charge in [-0.3, -0.25) is 0 Å². The molecule has 19 heavy (non-hydrogen) atoms. The fourth-order valence-electron chi connectivity index (χ4n) is 2.13. The Morgan fingerprint density at radius 3 is 2.89 bits per heavy atom. The highest BCUT2D eigenvalue weighted by atomic mass is 16.3. The van der Waals surface area contributed by atoms with E-state index < -0.39 is 0 Å². The number of fused-ring (bicyclic) bond motifs is 1. The highest BCUT2D eigenvalue weighted by Gasteiger charge is 2.12. The molecule has 0 saturated carbocycles.